The lowest BCUT2D eigenvalue weighted by molar-refractivity contribution is 0.303. The molecule has 0 aliphatic rings. The zero-order valence-corrected chi connectivity index (χ0v) is 17.0. The van der Waals surface area contributed by atoms with Crippen LogP contribution in [0.1, 0.15) is 52.4 Å². The second-order valence-electron chi connectivity index (χ2n) is 5.68. The first-order valence-corrected chi connectivity index (χ1v) is 11.2. The Morgan fingerprint density at radius 1 is 0.654 bits per heavy atom. The summed E-state index contributed by atoms with van der Waals surface area (Å²) in [5, 5.41) is 1.30. The molecule has 0 spiro atoms. The highest BCUT2D eigenvalue weighted by Gasteiger charge is 2.05. The van der Waals surface area contributed by atoms with Gasteiger partial charge in [0.2, 0.25) is 0 Å². The zero-order chi connectivity index (χ0) is 18.5. The molecule has 0 atom stereocenters. The Labute approximate surface area is 163 Å². The van der Waals surface area contributed by atoms with E-state index in [9.17, 15) is 0 Å². The molecule has 8 heteroatoms. The van der Waals surface area contributed by atoms with E-state index in [1.807, 2.05) is 0 Å². The van der Waals surface area contributed by atoms with Crippen molar-refractivity contribution in [2.24, 2.45) is 0 Å². The molecule has 0 aromatic carbocycles. The Kier molecular flexibility index (Phi) is 10.2. The third-order valence-electron chi connectivity index (χ3n) is 3.43. The van der Waals surface area contributed by atoms with Gasteiger partial charge in [0.25, 0.3) is 0 Å². The van der Waals surface area contributed by atoms with Crippen LogP contribution in [0, 0.1) is 0 Å². The summed E-state index contributed by atoms with van der Waals surface area (Å²) < 4.78 is 11.2. The van der Waals surface area contributed by atoms with E-state index in [-0.39, 0.29) is 0 Å². The van der Waals surface area contributed by atoms with E-state index in [4.69, 9.17) is 9.47 Å². The third-order valence-corrected chi connectivity index (χ3v) is 5.38. The second-order valence-corrected chi connectivity index (χ2v) is 7.74. The number of unbranched alkanes of at least 4 members (excludes halogenated alkanes) is 4. The molecule has 26 heavy (non-hydrogen) atoms. The largest absolute Gasteiger partial charge is 0.490 e. The van der Waals surface area contributed by atoms with Crippen molar-refractivity contribution in [2.45, 2.75) is 62.7 Å². The van der Waals surface area contributed by atoms with Crippen LogP contribution in [0.15, 0.2) is 35.1 Å². The van der Waals surface area contributed by atoms with Gasteiger partial charge in [-0.05, 0) is 34.4 Å². The Hall–Kier alpha value is -1.54. The Morgan fingerprint density at radius 2 is 1.04 bits per heavy atom. The maximum absolute atomic E-state index is 5.61. The molecule has 0 N–H and O–H groups in total. The summed E-state index contributed by atoms with van der Waals surface area (Å²) in [6.07, 6.45) is 13.6. The van der Waals surface area contributed by atoms with Crippen LogP contribution in [0.4, 0.5) is 0 Å². The first kappa shape index (κ1) is 20.8. The Morgan fingerprint density at radius 3 is 1.38 bits per heavy atom. The van der Waals surface area contributed by atoms with E-state index >= 15 is 0 Å². The number of ether oxygens (including phenoxy) is 2. The number of aromatic nitrogens is 4. The van der Waals surface area contributed by atoms with E-state index in [0.29, 0.717) is 35.0 Å². The average molecular weight is 395 g/mol. The fraction of sp³-hybridized carbons (Fsp3) is 0.556. The molecule has 0 saturated heterocycles. The first-order chi connectivity index (χ1) is 12.8. The first-order valence-electron chi connectivity index (χ1n) is 9.06. The summed E-state index contributed by atoms with van der Waals surface area (Å²) in [6.45, 7) is 5.76. The second kappa shape index (κ2) is 12.8. The van der Waals surface area contributed by atoms with Crippen molar-refractivity contribution in [2.75, 3.05) is 13.2 Å². The minimum absolute atomic E-state index is 0.652. The fourth-order valence-corrected chi connectivity index (χ4v) is 3.50. The van der Waals surface area contributed by atoms with Crippen LogP contribution in [0.2, 0.25) is 0 Å². The topological polar surface area (TPSA) is 70.0 Å². The molecule has 0 radical (unpaired) electrons. The van der Waals surface area contributed by atoms with Gasteiger partial charge < -0.3 is 9.47 Å². The van der Waals surface area contributed by atoms with E-state index in [1.165, 1.54) is 47.3 Å². The average Bonchev–Trinajstić information content (AvgIpc) is 2.69. The molecular formula is C18H26N4O2S2. The molecule has 0 saturated carbocycles. The molecule has 0 aliphatic carbocycles. The number of rotatable bonds is 13. The quantitative estimate of drug-likeness (QED) is 0.261. The summed E-state index contributed by atoms with van der Waals surface area (Å²) in [4.78, 5) is 17.2. The van der Waals surface area contributed by atoms with Crippen molar-refractivity contribution < 1.29 is 9.47 Å². The summed E-state index contributed by atoms with van der Waals surface area (Å²) in [5.41, 5.74) is 0. The van der Waals surface area contributed by atoms with E-state index < -0.39 is 0 Å². The Bertz CT molecular complexity index is 556. The van der Waals surface area contributed by atoms with Crippen LogP contribution in [0.3, 0.4) is 0 Å². The van der Waals surface area contributed by atoms with Crippen LogP contribution in [0.5, 0.6) is 11.5 Å². The van der Waals surface area contributed by atoms with Gasteiger partial charge in [0, 0.05) is 0 Å². The lowest BCUT2D eigenvalue weighted by Gasteiger charge is -2.06. The highest BCUT2D eigenvalue weighted by Crippen LogP contribution is 2.33. The van der Waals surface area contributed by atoms with Crippen molar-refractivity contribution >= 4 is 21.6 Å². The number of hydrogen-bond acceptors (Lipinski definition) is 8. The number of hydrogen-bond donors (Lipinski definition) is 0. The fourth-order valence-electron chi connectivity index (χ4n) is 2.00. The molecule has 6 nitrogen and oxygen atoms in total. The normalized spacial score (nSPS) is 10.7. The lowest BCUT2D eigenvalue weighted by Crippen LogP contribution is -1.98. The summed E-state index contributed by atoms with van der Waals surface area (Å²) in [6, 6.07) is 0. The van der Waals surface area contributed by atoms with Crippen LogP contribution in [-0.4, -0.2) is 33.1 Å². The summed E-state index contributed by atoms with van der Waals surface area (Å²) >= 11 is 0. The molecule has 2 heterocycles. The predicted molar refractivity (Wildman–Crippen MR) is 106 cm³/mol. The minimum Gasteiger partial charge on any atom is -0.490 e. The SMILES string of the molecule is CCCCCOc1cnc(SSc2ncc(OCCCCC)cn2)nc1. The van der Waals surface area contributed by atoms with E-state index in [1.54, 1.807) is 24.8 Å². The van der Waals surface area contributed by atoms with Gasteiger partial charge in [0.15, 0.2) is 21.8 Å². The smallest absolute Gasteiger partial charge is 0.199 e. The van der Waals surface area contributed by atoms with Crippen LogP contribution < -0.4 is 9.47 Å². The maximum atomic E-state index is 5.61. The molecule has 0 aliphatic heterocycles. The standard InChI is InChI=1S/C18H26N4O2S2/c1-3-5-7-9-23-15-11-19-17(20-12-15)25-26-18-21-13-16(14-22-18)24-10-8-6-4-2/h11-14H,3-10H2,1-2H3. The van der Waals surface area contributed by atoms with Gasteiger partial charge in [-0.15, -0.1) is 0 Å². The molecule has 0 unspecified atom stereocenters. The van der Waals surface area contributed by atoms with Gasteiger partial charge in [0.1, 0.15) is 0 Å². The monoisotopic (exact) mass is 394 g/mol. The maximum Gasteiger partial charge on any atom is 0.199 e. The molecular weight excluding hydrogens is 368 g/mol. The lowest BCUT2D eigenvalue weighted by atomic mass is 10.3. The summed E-state index contributed by atoms with van der Waals surface area (Å²) in [5.74, 6) is 1.41. The van der Waals surface area contributed by atoms with Crippen LogP contribution >= 0.6 is 21.6 Å². The molecule has 2 rings (SSSR count). The van der Waals surface area contributed by atoms with Gasteiger partial charge in [-0.2, -0.15) is 0 Å². The van der Waals surface area contributed by atoms with Gasteiger partial charge in [-0.25, -0.2) is 19.9 Å². The van der Waals surface area contributed by atoms with Gasteiger partial charge in [-0.1, -0.05) is 39.5 Å². The van der Waals surface area contributed by atoms with Crippen molar-refractivity contribution in [3.8, 4) is 11.5 Å². The predicted octanol–water partition coefficient (Wildman–Crippen LogP) is 5.20. The van der Waals surface area contributed by atoms with E-state index in [2.05, 4.69) is 33.8 Å². The summed E-state index contributed by atoms with van der Waals surface area (Å²) in [7, 11) is 2.84. The third kappa shape index (κ3) is 8.23. The zero-order valence-electron chi connectivity index (χ0n) is 15.4. The molecule has 142 valence electrons. The van der Waals surface area contributed by atoms with Gasteiger partial charge >= 0.3 is 0 Å². The molecule has 0 bridgehead atoms. The number of nitrogens with zero attached hydrogens (tertiary/aromatic N) is 4. The molecule has 2 aromatic heterocycles. The molecule has 0 fully saturated rings. The van der Waals surface area contributed by atoms with Crippen molar-refractivity contribution in [3.05, 3.63) is 24.8 Å². The molecule has 0 amide bonds. The van der Waals surface area contributed by atoms with Crippen molar-refractivity contribution in [1.82, 2.24) is 19.9 Å². The van der Waals surface area contributed by atoms with Crippen LogP contribution in [0.25, 0.3) is 0 Å². The van der Waals surface area contributed by atoms with Gasteiger partial charge in [-0.3, -0.25) is 0 Å². The van der Waals surface area contributed by atoms with Crippen LogP contribution in [-0.2, 0) is 0 Å². The van der Waals surface area contributed by atoms with Gasteiger partial charge in [0.05, 0.1) is 38.0 Å². The Balaban J connectivity index is 1.70. The minimum atomic E-state index is 0.652. The van der Waals surface area contributed by atoms with Crippen molar-refractivity contribution in [1.29, 1.82) is 0 Å². The molecule has 2 aromatic rings. The van der Waals surface area contributed by atoms with Crippen molar-refractivity contribution in [3.63, 3.8) is 0 Å². The highest BCUT2D eigenvalue weighted by atomic mass is 33.1. The van der Waals surface area contributed by atoms with E-state index in [0.717, 1.165) is 12.8 Å². The highest BCUT2D eigenvalue weighted by molar-refractivity contribution is 8.76.